The fourth-order valence-electron chi connectivity index (χ4n) is 7.76. The third-order valence-corrected chi connectivity index (χ3v) is 10.2. The third-order valence-electron chi connectivity index (χ3n) is 10.2. The number of pyridine rings is 1. The van der Waals surface area contributed by atoms with E-state index in [1.54, 1.807) is 17.6 Å². The van der Waals surface area contributed by atoms with Crippen molar-refractivity contribution in [1.82, 2.24) is 14.4 Å². The van der Waals surface area contributed by atoms with Gasteiger partial charge in [0, 0.05) is 48.2 Å². The number of likely N-dealkylation sites (tertiary alicyclic amines) is 2. The molecule has 0 saturated carbocycles. The van der Waals surface area contributed by atoms with Crippen LogP contribution in [-0.4, -0.2) is 63.8 Å². The standard InChI is InChI=1S/C33H40N4O6/c1-3-22-23-16-21(43-32(40)36-14-10-20(11-15-36)35-12-6-5-7-13-35)8-9-27(23)34-29-24(22)18-37-28(29)17-26-25(30(37)38)19-42-31(39)33(26,41)4-2/h8-9,16-17,20,29,34,41H,3-7,10-15,18-19H2,1-2H3/t29?,33-/m0/s1. The molecule has 1 aromatic carbocycles. The van der Waals surface area contributed by atoms with E-state index in [1.165, 1.54) is 32.4 Å². The number of allylic oxidation sites excluding steroid dienone is 1. The van der Waals surface area contributed by atoms with Crippen molar-refractivity contribution in [2.24, 2.45) is 0 Å². The Morgan fingerprint density at radius 2 is 1.86 bits per heavy atom. The van der Waals surface area contributed by atoms with Crippen molar-refractivity contribution < 1.29 is 24.2 Å². The quantitative estimate of drug-likeness (QED) is 0.509. The number of aromatic nitrogens is 1. The summed E-state index contributed by atoms with van der Waals surface area (Å²) in [6.45, 7) is 7.81. The fourth-order valence-corrected chi connectivity index (χ4v) is 7.76. The number of ether oxygens (including phenoxy) is 2. The summed E-state index contributed by atoms with van der Waals surface area (Å²) < 4.78 is 12.8. The van der Waals surface area contributed by atoms with Crippen LogP contribution in [0.5, 0.6) is 5.75 Å². The molecule has 0 bridgehead atoms. The number of piperidine rings is 2. The maximum atomic E-state index is 13.6. The summed E-state index contributed by atoms with van der Waals surface area (Å²) in [6.07, 6.45) is 6.36. The molecule has 6 heterocycles. The molecule has 1 aromatic heterocycles. The largest absolute Gasteiger partial charge is 0.458 e. The van der Waals surface area contributed by atoms with E-state index in [1.807, 2.05) is 23.1 Å². The lowest BCUT2D eigenvalue weighted by Crippen LogP contribution is -2.48. The Morgan fingerprint density at radius 1 is 1.09 bits per heavy atom. The predicted molar refractivity (Wildman–Crippen MR) is 161 cm³/mol. The number of hydrogen-bond acceptors (Lipinski definition) is 8. The third kappa shape index (κ3) is 4.57. The van der Waals surface area contributed by atoms with Crippen LogP contribution in [0.25, 0.3) is 5.57 Å². The van der Waals surface area contributed by atoms with Gasteiger partial charge in [-0.1, -0.05) is 20.3 Å². The minimum Gasteiger partial charge on any atom is -0.458 e. The number of esters is 1. The lowest BCUT2D eigenvalue weighted by atomic mass is 9.84. The van der Waals surface area contributed by atoms with Crippen LogP contribution in [0, 0.1) is 0 Å². The molecule has 0 spiro atoms. The van der Waals surface area contributed by atoms with Gasteiger partial charge < -0.3 is 34.3 Å². The van der Waals surface area contributed by atoms with Crippen LogP contribution in [0.4, 0.5) is 10.5 Å². The molecule has 2 saturated heterocycles. The van der Waals surface area contributed by atoms with Crippen LogP contribution in [0.15, 0.2) is 34.6 Å². The Kier molecular flexibility index (Phi) is 7.09. The summed E-state index contributed by atoms with van der Waals surface area (Å²) in [7, 11) is 0. The topological polar surface area (TPSA) is 113 Å². The minimum absolute atomic E-state index is 0.115. The van der Waals surface area contributed by atoms with Crippen LogP contribution in [0.2, 0.25) is 0 Å². The Morgan fingerprint density at radius 3 is 2.58 bits per heavy atom. The number of rotatable bonds is 4. The minimum atomic E-state index is -1.84. The van der Waals surface area contributed by atoms with Gasteiger partial charge in [-0.15, -0.1) is 0 Å². The highest BCUT2D eigenvalue weighted by Crippen LogP contribution is 2.47. The van der Waals surface area contributed by atoms with Crippen LogP contribution in [-0.2, 0) is 28.3 Å². The van der Waals surface area contributed by atoms with Gasteiger partial charge in [-0.05, 0) is 87.0 Å². The molecular formula is C33H40N4O6. The number of amides is 1. The van der Waals surface area contributed by atoms with Crippen molar-refractivity contribution >= 4 is 23.3 Å². The van der Waals surface area contributed by atoms with E-state index in [4.69, 9.17) is 9.47 Å². The molecule has 2 atom stereocenters. The highest BCUT2D eigenvalue weighted by molar-refractivity contribution is 5.86. The molecule has 2 fully saturated rings. The number of benzene rings is 1. The van der Waals surface area contributed by atoms with Gasteiger partial charge in [0.05, 0.1) is 11.6 Å². The predicted octanol–water partition coefficient (Wildman–Crippen LogP) is 4.30. The van der Waals surface area contributed by atoms with Crippen LogP contribution in [0.3, 0.4) is 0 Å². The van der Waals surface area contributed by atoms with E-state index in [9.17, 15) is 19.5 Å². The highest BCUT2D eigenvalue weighted by atomic mass is 16.6. The van der Waals surface area contributed by atoms with E-state index < -0.39 is 11.6 Å². The van der Waals surface area contributed by atoms with Gasteiger partial charge in [0.25, 0.3) is 5.56 Å². The molecule has 1 unspecified atom stereocenters. The molecule has 5 aliphatic heterocycles. The maximum Gasteiger partial charge on any atom is 0.415 e. The first-order valence-corrected chi connectivity index (χ1v) is 15.8. The van der Waals surface area contributed by atoms with Crippen molar-refractivity contribution in [2.45, 2.75) is 89.6 Å². The Labute approximate surface area is 251 Å². The number of carbonyl (C=O) groups is 2. The number of cyclic esters (lactones) is 1. The molecule has 228 valence electrons. The van der Waals surface area contributed by atoms with Gasteiger partial charge in [-0.2, -0.15) is 0 Å². The first-order valence-electron chi connectivity index (χ1n) is 15.8. The summed E-state index contributed by atoms with van der Waals surface area (Å²) in [5, 5.41) is 14.8. The summed E-state index contributed by atoms with van der Waals surface area (Å²) in [6, 6.07) is 7.74. The SMILES string of the molecule is CCC1=C2Cn3c(cc4c(c3=O)COC(=O)[C@]4(O)CC)C2Nc2ccc(OC(=O)N3CCC(N4CCCCC4)CC3)cc21. The van der Waals surface area contributed by atoms with E-state index in [-0.39, 0.29) is 30.7 Å². The van der Waals surface area contributed by atoms with Gasteiger partial charge in [0.2, 0.25) is 0 Å². The van der Waals surface area contributed by atoms with Gasteiger partial charge in [-0.25, -0.2) is 9.59 Å². The van der Waals surface area contributed by atoms with Crippen molar-refractivity contribution in [3.63, 3.8) is 0 Å². The fraction of sp³-hybridized carbons (Fsp3) is 0.545. The van der Waals surface area contributed by atoms with E-state index in [0.29, 0.717) is 42.6 Å². The van der Waals surface area contributed by atoms with Crippen molar-refractivity contribution in [3.8, 4) is 5.75 Å². The molecule has 0 aliphatic carbocycles. The summed E-state index contributed by atoms with van der Waals surface area (Å²) >= 11 is 0. The number of carbonyl (C=O) groups excluding carboxylic acids is 2. The van der Waals surface area contributed by atoms with E-state index in [0.717, 1.165) is 47.4 Å². The molecule has 7 rings (SSSR count). The molecule has 0 radical (unpaired) electrons. The lowest BCUT2D eigenvalue weighted by Gasteiger charge is -2.39. The molecular weight excluding hydrogens is 548 g/mol. The van der Waals surface area contributed by atoms with Crippen LogP contribution < -0.4 is 15.6 Å². The smallest absolute Gasteiger partial charge is 0.415 e. The van der Waals surface area contributed by atoms with Crippen molar-refractivity contribution in [2.75, 3.05) is 31.5 Å². The molecule has 2 aromatic rings. The zero-order chi connectivity index (χ0) is 29.9. The monoisotopic (exact) mass is 588 g/mol. The van der Waals surface area contributed by atoms with Crippen molar-refractivity contribution in [1.29, 1.82) is 0 Å². The molecule has 1 amide bonds. The number of aliphatic hydroxyl groups is 1. The zero-order valence-corrected chi connectivity index (χ0v) is 25.0. The second-order valence-corrected chi connectivity index (χ2v) is 12.5. The average molecular weight is 589 g/mol. The highest BCUT2D eigenvalue weighted by Gasteiger charge is 2.46. The summed E-state index contributed by atoms with van der Waals surface area (Å²) in [5.74, 6) is -0.217. The van der Waals surface area contributed by atoms with Gasteiger partial charge in [-0.3, -0.25) is 4.79 Å². The molecule has 5 aliphatic rings. The second-order valence-electron chi connectivity index (χ2n) is 12.5. The zero-order valence-electron chi connectivity index (χ0n) is 25.0. The van der Waals surface area contributed by atoms with Crippen LogP contribution >= 0.6 is 0 Å². The molecule has 2 N–H and O–H groups in total. The molecule has 10 nitrogen and oxygen atoms in total. The van der Waals surface area contributed by atoms with Gasteiger partial charge in [0.1, 0.15) is 12.4 Å². The Bertz CT molecular complexity index is 1570. The van der Waals surface area contributed by atoms with Gasteiger partial charge in [0.15, 0.2) is 5.60 Å². The number of anilines is 1. The Hall–Kier alpha value is -3.63. The Balaban J connectivity index is 1.12. The number of nitrogens with zero attached hydrogens (tertiary/aromatic N) is 3. The van der Waals surface area contributed by atoms with Crippen molar-refractivity contribution in [3.05, 3.63) is 62.6 Å². The maximum absolute atomic E-state index is 13.6. The molecule has 10 heteroatoms. The molecule has 43 heavy (non-hydrogen) atoms. The number of nitrogens with one attached hydrogen (secondary N) is 1. The lowest BCUT2D eigenvalue weighted by molar-refractivity contribution is -0.172. The number of hydrogen-bond donors (Lipinski definition) is 2. The average Bonchev–Trinajstić information content (AvgIpc) is 3.41. The first-order chi connectivity index (χ1) is 20.8. The normalized spacial score (nSPS) is 25.3. The number of fused-ring (bicyclic) bond motifs is 5. The second kappa shape index (κ2) is 10.8. The first kappa shape index (κ1) is 28.2. The van der Waals surface area contributed by atoms with Crippen LogP contribution in [0.1, 0.15) is 87.2 Å². The van der Waals surface area contributed by atoms with E-state index in [2.05, 4.69) is 17.1 Å². The summed E-state index contributed by atoms with van der Waals surface area (Å²) in [5.41, 5.74) is 3.32. The van der Waals surface area contributed by atoms with Gasteiger partial charge >= 0.3 is 12.1 Å². The summed E-state index contributed by atoms with van der Waals surface area (Å²) in [4.78, 5) is 43.7. The van der Waals surface area contributed by atoms with E-state index >= 15 is 0 Å².